The van der Waals surface area contributed by atoms with Crippen LogP contribution in [-0.4, -0.2) is 24.0 Å². The highest BCUT2D eigenvalue weighted by Gasteiger charge is 2.43. The first-order chi connectivity index (χ1) is 9.15. The van der Waals surface area contributed by atoms with Gasteiger partial charge in [-0.3, -0.25) is 4.79 Å². The van der Waals surface area contributed by atoms with E-state index in [9.17, 15) is 18.0 Å². The molecular formula is C14H23BrF3NO. The van der Waals surface area contributed by atoms with E-state index in [0.29, 0.717) is 19.4 Å². The molecule has 1 N–H and O–H groups in total. The van der Waals surface area contributed by atoms with E-state index in [1.807, 2.05) is 13.8 Å². The van der Waals surface area contributed by atoms with Crippen LogP contribution in [0.2, 0.25) is 0 Å². The minimum absolute atomic E-state index is 0.0444. The molecule has 6 heteroatoms. The topological polar surface area (TPSA) is 29.1 Å². The summed E-state index contributed by atoms with van der Waals surface area (Å²) in [5, 5.41) is 3.67. The van der Waals surface area contributed by atoms with E-state index in [1.165, 1.54) is 0 Å². The summed E-state index contributed by atoms with van der Waals surface area (Å²) in [7, 11) is 0. The Kier molecular flexibility index (Phi) is 6.35. The van der Waals surface area contributed by atoms with Crippen LogP contribution in [0.4, 0.5) is 13.2 Å². The zero-order valence-electron chi connectivity index (χ0n) is 12.0. The Morgan fingerprint density at radius 2 is 1.95 bits per heavy atom. The zero-order chi connectivity index (χ0) is 15.4. The van der Waals surface area contributed by atoms with Gasteiger partial charge >= 0.3 is 6.18 Å². The summed E-state index contributed by atoms with van der Waals surface area (Å²) >= 11 is 3.36. The number of carbonyl (C=O) groups is 1. The van der Waals surface area contributed by atoms with Crippen molar-refractivity contribution in [1.82, 2.24) is 5.32 Å². The molecule has 20 heavy (non-hydrogen) atoms. The van der Waals surface area contributed by atoms with E-state index in [4.69, 9.17) is 0 Å². The maximum absolute atomic E-state index is 12.7. The van der Waals surface area contributed by atoms with Gasteiger partial charge in [0.05, 0.1) is 5.92 Å². The first-order valence-electron chi connectivity index (χ1n) is 7.06. The summed E-state index contributed by atoms with van der Waals surface area (Å²) in [6, 6.07) is 0. The van der Waals surface area contributed by atoms with Crippen molar-refractivity contribution in [3.8, 4) is 0 Å². The van der Waals surface area contributed by atoms with E-state index in [1.54, 1.807) is 0 Å². The van der Waals surface area contributed by atoms with Crippen molar-refractivity contribution < 1.29 is 18.0 Å². The Labute approximate surface area is 127 Å². The third-order valence-electron chi connectivity index (χ3n) is 4.02. The number of amides is 1. The van der Waals surface area contributed by atoms with Crippen LogP contribution < -0.4 is 5.32 Å². The lowest BCUT2D eigenvalue weighted by Crippen LogP contribution is -2.41. The van der Waals surface area contributed by atoms with Crippen LogP contribution in [0.3, 0.4) is 0 Å². The van der Waals surface area contributed by atoms with Gasteiger partial charge in [-0.2, -0.15) is 13.2 Å². The number of hydrogen-bond donors (Lipinski definition) is 1. The smallest absolute Gasteiger partial charge is 0.355 e. The van der Waals surface area contributed by atoms with Gasteiger partial charge in [0.15, 0.2) is 0 Å². The molecule has 2 nitrogen and oxygen atoms in total. The van der Waals surface area contributed by atoms with Crippen molar-refractivity contribution >= 4 is 21.8 Å². The lowest BCUT2D eigenvalue weighted by atomic mass is 9.80. The zero-order valence-corrected chi connectivity index (χ0v) is 13.6. The maximum atomic E-state index is 12.7. The summed E-state index contributed by atoms with van der Waals surface area (Å²) in [6.07, 6.45) is -2.13. The molecule has 1 aliphatic carbocycles. The van der Waals surface area contributed by atoms with Gasteiger partial charge in [-0.15, -0.1) is 0 Å². The normalized spacial score (nSPS) is 24.5. The number of halogens is 4. The average Bonchev–Trinajstić information content (AvgIpc) is 2.35. The lowest BCUT2D eigenvalue weighted by molar-refractivity contribution is -0.186. The molecule has 118 valence electrons. The van der Waals surface area contributed by atoms with Gasteiger partial charge in [-0.05, 0) is 31.1 Å². The fourth-order valence-electron chi connectivity index (χ4n) is 2.54. The van der Waals surface area contributed by atoms with E-state index in [2.05, 4.69) is 21.2 Å². The Balaban J connectivity index is 2.47. The molecule has 0 spiro atoms. The van der Waals surface area contributed by atoms with Gasteiger partial charge in [0.1, 0.15) is 0 Å². The van der Waals surface area contributed by atoms with Crippen molar-refractivity contribution in [2.45, 2.75) is 52.1 Å². The molecule has 0 saturated heterocycles. The monoisotopic (exact) mass is 357 g/mol. The van der Waals surface area contributed by atoms with E-state index in [0.717, 1.165) is 11.8 Å². The van der Waals surface area contributed by atoms with E-state index in [-0.39, 0.29) is 24.2 Å². The summed E-state index contributed by atoms with van der Waals surface area (Å²) in [4.78, 5) is 12.0. The first kappa shape index (κ1) is 17.8. The van der Waals surface area contributed by atoms with Crippen LogP contribution in [0.1, 0.15) is 46.0 Å². The van der Waals surface area contributed by atoms with Crippen molar-refractivity contribution in [2.24, 2.45) is 17.3 Å². The molecule has 1 amide bonds. The minimum atomic E-state index is -4.17. The Morgan fingerprint density at radius 1 is 1.30 bits per heavy atom. The first-order valence-corrected chi connectivity index (χ1v) is 8.18. The Morgan fingerprint density at radius 3 is 2.50 bits per heavy atom. The molecular weight excluding hydrogens is 335 g/mol. The van der Waals surface area contributed by atoms with Gasteiger partial charge in [0.2, 0.25) is 5.91 Å². The van der Waals surface area contributed by atoms with Gasteiger partial charge < -0.3 is 5.32 Å². The predicted octanol–water partition coefficient (Wildman–Crippen LogP) is 4.28. The molecule has 2 atom stereocenters. The average molecular weight is 358 g/mol. The van der Waals surface area contributed by atoms with Gasteiger partial charge in [-0.25, -0.2) is 0 Å². The minimum Gasteiger partial charge on any atom is -0.355 e. The molecule has 2 unspecified atom stereocenters. The Bertz CT molecular complexity index is 331. The molecule has 1 rings (SSSR count). The van der Waals surface area contributed by atoms with Crippen molar-refractivity contribution in [3.63, 3.8) is 0 Å². The number of carbonyl (C=O) groups excluding carboxylic acids is 1. The fraction of sp³-hybridized carbons (Fsp3) is 0.929. The van der Waals surface area contributed by atoms with Crippen LogP contribution >= 0.6 is 15.9 Å². The van der Waals surface area contributed by atoms with Crippen LogP contribution in [-0.2, 0) is 4.79 Å². The van der Waals surface area contributed by atoms with Gasteiger partial charge in [0, 0.05) is 17.8 Å². The quantitative estimate of drug-likeness (QED) is 0.731. The molecule has 0 bridgehead atoms. The third kappa shape index (κ3) is 5.62. The number of alkyl halides is 4. The van der Waals surface area contributed by atoms with E-state index < -0.39 is 18.0 Å². The highest BCUT2D eigenvalue weighted by molar-refractivity contribution is 9.09. The molecule has 1 fully saturated rings. The molecule has 0 heterocycles. The van der Waals surface area contributed by atoms with Crippen LogP contribution in [0.5, 0.6) is 0 Å². The highest BCUT2D eigenvalue weighted by atomic mass is 79.9. The predicted molar refractivity (Wildman–Crippen MR) is 76.7 cm³/mol. The van der Waals surface area contributed by atoms with Crippen LogP contribution in [0.25, 0.3) is 0 Å². The molecule has 1 aliphatic rings. The second kappa shape index (κ2) is 7.14. The standard InChI is InChI=1S/C14H23BrF3NO/c1-13(2,6-7-15)9-19-12(20)10-4-3-5-11(8-10)14(16,17)18/h10-11H,3-9H2,1-2H3,(H,19,20). The second-order valence-corrected chi connectivity index (χ2v) is 7.22. The second-order valence-electron chi connectivity index (χ2n) is 6.42. The molecule has 0 aliphatic heterocycles. The highest BCUT2D eigenvalue weighted by Crippen LogP contribution is 2.40. The molecule has 0 radical (unpaired) electrons. The fourth-order valence-corrected chi connectivity index (χ4v) is 3.61. The van der Waals surface area contributed by atoms with Crippen molar-refractivity contribution in [3.05, 3.63) is 0 Å². The van der Waals surface area contributed by atoms with Crippen molar-refractivity contribution in [2.75, 3.05) is 11.9 Å². The van der Waals surface area contributed by atoms with Crippen LogP contribution in [0, 0.1) is 17.3 Å². The number of rotatable bonds is 5. The lowest BCUT2D eigenvalue weighted by Gasteiger charge is -2.31. The Hall–Kier alpha value is -0.260. The largest absolute Gasteiger partial charge is 0.391 e. The molecule has 0 aromatic heterocycles. The van der Waals surface area contributed by atoms with Crippen molar-refractivity contribution in [1.29, 1.82) is 0 Å². The number of nitrogens with one attached hydrogen (secondary N) is 1. The summed E-state index contributed by atoms with van der Waals surface area (Å²) in [5.74, 6) is -2.03. The third-order valence-corrected chi connectivity index (χ3v) is 4.42. The van der Waals surface area contributed by atoms with E-state index >= 15 is 0 Å². The number of hydrogen-bond acceptors (Lipinski definition) is 1. The molecule has 1 saturated carbocycles. The summed E-state index contributed by atoms with van der Waals surface area (Å²) in [5.41, 5.74) is -0.0444. The van der Waals surface area contributed by atoms with Gasteiger partial charge in [-0.1, -0.05) is 36.2 Å². The molecule has 0 aromatic rings. The maximum Gasteiger partial charge on any atom is 0.391 e. The molecule has 0 aromatic carbocycles. The summed E-state index contributed by atoms with van der Waals surface area (Å²) in [6.45, 7) is 4.58. The van der Waals surface area contributed by atoms with Crippen LogP contribution in [0.15, 0.2) is 0 Å². The summed E-state index contributed by atoms with van der Waals surface area (Å²) < 4.78 is 38.1. The SMILES string of the molecule is CC(C)(CCBr)CNC(=O)C1CCCC(C(F)(F)F)C1. The van der Waals surface area contributed by atoms with Gasteiger partial charge in [0.25, 0.3) is 0 Å².